The van der Waals surface area contributed by atoms with Crippen molar-refractivity contribution in [2.45, 2.75) is 67.3 Å². The summed E-state index contributed by atoms with van der Waals surface area (Å²) in [5.41, 5.74) is -0.317. The molecule has 3 heteroatoms. The Morgan fingerprint density at radius 2 is 1.60 bits per heavy atom. The number of hydrogen-bond donors (Lipinski definition) is 0. The molecule has 1 aromatic rings. The summed E-state index contributed by atoms with van der Waals surface area (Å²) >= 11 is 0. The van der Waals surface area contributed by atoms with Crippen LogP contribution in [0.15, 0.2) is 23.1 Å². The average molecular weight is 279 g/mol. The van der Waals surface area contributed by atoms with Gasteiger partial charge >= 0.3 is 0 Å². The minimum atomic E-state index is -0.310. The number of carbonyl (C=O) groups is 1. The number of pyridine rings is 1. The maximum absolute atomic E-state index is 12.3. The summed E-state index contributed by atoms with van der Waals surface area (Å²) < 4.78 is 1.61. The molecule has 0 aromatic carbocycles. The van der Waals surface area contributed by atoms with Gasteiger partial charge in [-0.15, -0.1) is 0 Å². The summed E-state index contributed by atoms with van der Waals surface area (Å²) in [6, 6.07) is 3.39. The summed E-state index contributed by atoms with van der Waals surface area (Å²) in [6.45, 7) is 15.8. The molecule has 0 spiro atoms. The fourth-order valence-electron chi connectivity index (χ4n) is 1.81. The molecule has 0 aliphatic heterocycles. The predicted octanol–water partition coefficient (Wildman–Crippen LogP) is 4.25. The maximum atomic E-state index is 12.3. The molecular formula is C17H29NO2. The molecule has 0 unspecified atom stereocenters. The summed E-state index contributed by atoms with van der Waals surface area (Å²) in [4.78, 5) is 24.4. The van der Waals surface area contributed by atoms with Gasteiger partial charge in [0.15, 0.2) is 5.78 Å². The van der Waals surface area contributed by atoms with Crippen molar-refractivity contribution in [2.75, 3.05) is 0 Å². The van der Waals surface area contributed by atoms with E-state index in [1.165, 1.54) is 0 Å². The van der Waals surface area contributed by atoms with E-state index >= 15 is 0 Å². The third-order valence-corrected chi connectivity index (χ3v) is 2.66. The highest BCUT2D eigenvalue weighted by atomic mass is 16.1. The molecule has 0 aliphatic carbocycles. The average Bonchev–Trinajstić information content (AvgIpc) is 2.28. The van der Waals surface area contributed by atoms with Gasteiger partial charge in [0.1, 0.15) is 0 Å². The van der Waals surface area contributed by atoms with E-state index in [-0.39, 0.29) is 22.3 Å². The van der Waals surface area contributed by atoms with Crippen molar-refractivity contribution in [2.24, 2.45) is 5.41 Å². The second kappa shape index (κ2) is 6.87. The molecule has 0 aliphatic rings. The fraction of sp³-hybridized carbons (Fsp3) is 0.647. The molecule has 1 aromatic heterocycles. The predicted molar refractivity (Wildman–Crippen MR) is 85.4 cm³/mol. The van der Waals surface area contributed by atoms with Gasteiger partial charge in [0.05, 0.1) is 5.56 Å². The summed E-state index contributed by atoms with van der Waals surface area (Å²) in [5, 5.41) is 0. The Labute approximate surface area is 123 Å². The molecule has 114 valence electrons. The van der Waals surface area contributed by atoms with Crippen LogP contribution in [0.1, 0.15) is 72.2 Å². The Balaban J connectivity index is 0.00000172. The first-order chi connectivity index (χ1) is 9.02. The fourth-order valence-corrected chi connectivity index (χ4v) is 1.81. The first-order valence-electron chi connectivity index (χ1n) is 7.28. The van der Waals surface area contributed by atoms with Crippen LogP contribution in [0.3, 0.4) is 0 Å². The number of ketones is 1. The van der Waals surface area contributed by atoms with Crippen LogP contribution in [0.2, 0.25) is 0 Å². The molecule has 0 radical (unpaired) electrons. The molecule has 3 nitrogen and oxygen atoms in total. The van der Waals surface area contributed by atoms with Crippen molar-refractivity contribution < 1.29 is 4.79 Å². The molecule has 0 amide bonds. The quantitative estimate of drug-likeness (QED) is 0.759. The Kier molecular flexibility index (Phi) is 6.39. The van der Waals surface area contributed by atoms with E-state index < -0.39 is 0 Å². The molecule has 0 bridgehead atoms. The van der Waals surface area contributed by atoms with Crippen LogP contribution in [0.25, 0.3) is 0 Å². The monoisotopic (exact) mass is 279 g/mol. The topological polar surface area (TPSA) is 39.1 Å². The first-order valence-corrected chi connectivity index (χ1v) is 7.28. The van der Waals surface area contributed by atoms with Crippen LogP contribution in [-0.2, 0) is 5.54 Å². The Bertz CT molecular complexity index is 499. The van der Waals surface area contributed by atoms with Gasteiger partial charge in [-0.05, 0) is 38.3 Å². The summed E-state index contributed by atoms with van der Waals surface area (Å²) in [5.74, 6) is -0.0777. The molecule has 20 heavy (non-hydrogen) atoms. The first kappa shape index (κ1) is 18.6. The summed E-state index contributed by atoms with van der Waals surface area (Å²) in [6.07, 6.45) is 2.12. The van der Waals surface area contributed by atoms with Crippen LogP contribution in [0, 0.1) is 5.41 Å². The van der Waals surface area contributed by atoms with Gasteiger partial charge in [0.25, 0.3) is 5.56 Å². The van der Waals surface area contributed by atoms with E-state index in [2.05, 4.69) is 0 Å². The lowest BCUT2D eigenvalue weighted by Gasteiger charge is -2.23. The number of rotatable bonds is 2. The van der Waals surface area contributed by atoms with Crippen molar-refractivity contribution in [3.8, 4) is 0 Å². The molecule has 0 N–H and O–H groups in total. The smallest absolute Gasteiger partial charge is 0.261 e. The van der Waals surface area contributed by atoms with Gasteiger partial charge in [0.2, 0.25) is 0 Å². The number of carbonyl (C=O) groups excluding carboxylic acids is 1. The number of Topliss-reactive ketones (excluding diaryl/α,β-unsaturated/α-hetero) is 1. The van der Waals surface area contributed by atoms with Crippen LogP contribution in [0.5, 0.6) is 0 Å². The third-order valence-electron chi connectivity index (χ3n) is 2.66. The highest BCUT2D eigenvalue weighted by molar-refractivity contribution is 5.96. The van der Waals surface area contributed by atoms with E-state index in [0.717, 1.165) is 0 Å². The third kappa shape index (κ3) is 5.32. The van der Waals surface area contributed by atoms with E-state index in [0.29, 0.717) is 12.0 Å². The van der Waals surface area contributed by atoms with Gasteiger partial charge < -0.3 is 4.57 Å². The number of nitrogens with zero attached hydrogens (tertiary/aromatic N) is 1. The molecule has 0 fully saturated rings. The normalized spacial score (nSPS) is 11.6. The molecular weight excluding hydrogens is 250 g/mol. The minimum Gasteiger partial charge on any atom is -0.310 e. The second-order valence-corrected chi connectivity index (χ2v) is 6.93. The van der Waals surface area contributed by atoms with Crippen molar-refractivity contribution in [1.82, 2.24) is 4.57 Å². The van der Waals surface area contributed by atoms with Gasteiger partial charge in [0, 0.05) is 18.2 Å². The molecule has 1 heterocycles. The van der Waals surface area contributed by atoms with Crippen LogP contribution >= 0.6 is 0 Å². The zero-order valence-electron chi connectivity index (χ0n) is 14.2. The lowest BCUT2D eigenvalue weighted by molar-refractivity contribution is 0.0937. The van der Waals surface area contributed by atoms with Crippen molar-refractivity contribution in [1.29, 1.82) is 0 Å². The minimum absolute atomic E-state index is 0.0777. The zero-order valence-corrected chi connectivity index (χ0v) is 14.2. The standard InChI is InChI=1S/C15H23NO2.C2H6/c1-14(2,3)10-12(17)11-8-7-9-16(13(11)18)15(4,5)6;1-2/h7-9H,10H2,1-6H3;1-2H3. The van der Waals surface area contributed by atoms with Gasteiger partial charge in [-0.3, -0.25) is 9.59 Å². The van der Waals surface area contributed by atoms with Gasteiger partial charge in [-0.2, -0.15) is 0 Å². The van der Waals surface area contributed by atoms with E-state index in [1.807, 2.05) is 55.4 Å². The molecule has 0 saturated carbocycles. The van der Waals surface area contributed by atoms with E-state index in [4.69, 9.17) is 0 Å². The number of aromatic nitrogens is 1. The highest BCUT2D eigenvalue weighted by Gasteiger charge is 2.22. The van der Waals surface area contributed by atoms with Crippen molar-refractivity contribution >= 4 is 5.78 Å². The molecule has 0 saturated heterocycles. The second-order valence-electron chi connectivity index (χ2n) is 6.93. The highest BCUT2D eigenvalue weighted by Crippen LogP contribution is 2.21. The lowest BCUT2D eigenvalue weighted by atomic mass is 9.88. The van der Waals surface area contributed by atoms with Crippen molar-refractivity contribution in [3.63, 3.8) is 0 Å². The van der Waals surface area contributed by atoms with Gasteiger partial charge in [-0.1, -0.05) is 34.6 Å². The van der Waals surface area contributed by atoms with E-state index in [1.54, 1.807) is 22.9 Å². The Hall–Kier alpha value is -1.38. The molecule has 1 rings (SSSR count). The molecule has 0 atom stereocenters. The lowest BCUT2D eigenvalue weighted by Crippen LogP contribution is -2.36. The van der Waals surface area contributed by atoms with Crippen LogP contribution in [0.4, 0.5) is 0 Å². The largest absolute Gasteiger partial charge is 0.310 e. The Morgan fingerprint density at radius 1 is 1.10 bits per heavy atom. The van der Waals surface area contributed by atoms with Crippen molar-refractivity contribution in [3.05, 3.63) is 34.2 Å². The van der Waals surface area contributed by atoms with E-state index in [9.17, 15) is 9.59 Å². The zero-order chi connectivity index (χ0) is 16.1. The SMILES string of the molecule is CC.CC(C)(C)CC(=O)c1cccn(C(C)(C)C)c1=O. The van der Waals surface area contributed by atoms with Crippen LogP contribution in [-0.4, -0.2) is 10.4 Å². The van der Waals surface area contributed by atoms with Crippen LogP contribution < -0.4 is 5.56 Å². The van der Waals surface area contributed by atoms with Gasteiger partial charge in [-0.25, -0.2) is 0 Å². The maximum Gasteiger partial charge on any atom is 0.261 e. The number of hydrogen-bond acceptors (Lipinski definition) is 2. The summed E-state index contributed by atoms with van der Waals surface area (Å²) in [7, 11) is 0. The Morgan fingerprint density at radius 3 is 2.00 bits per heavy atom.